The maximum absolute atomic E-state index is 9.48. The van der Waals surface area contributed by atoms with Gasteiger partial charge in [-0.25, -0.2) is 8.42 Å². The molecule has 0 fully saturated rings. The number of hydrogen-bond acceptors (Lipinski definition) is 9. The summed E-state index contributed by atoms with van der Waals surface area (Å²) in [5, 5.41) is 8.25. The molecule has 0 spiro atoms. The average molecular weight is 279 g/mol. The quantitative estimate of drug-likeness (QED) is 0.125. The minimum atomic E-state index is -5.27. The molecule has 14 heteroatoms. The van der Waals surface area contributed by atoms with Crippen LogP contribution < -0.4 is 40.8 Å². The monoisotopic (exact) mass is 279 g/mol. The van der Waals surface area contributed by atoms with Crippen LogP contribution in [-0.2, 0) is 34.3 Å². The number of hydrogen-bond donors (Lipinski definition) is 2. The summed E-state index contributed by atoms with van der Waals surface area (Å²) in [5.74, 6) is 0. The topological polar surface area (TPSA) is 207 Å². The SMILES string of the molecule is O=C[O-].O=S(=O)([O-])OOS(=O)(=O)O.[NH4+].[Na+]. The van der Waals surface area contributed by atoms with Crippen molar-refractivity contribution in [1.82, 2.24) is 6.15 Å². The number of carboxylic acid groups (broad SMARTS) is 1. The van der Waals surface area contributed by atoms with E-state index in [1.54, 1.807) is 0 Å². The van der Waals surface area contributed by atoms with Gasteiger partial charge in [0.15, 0.2) is 0 Å². The number of quaternary nitrogens is 1. The summed E-state index contributed by atoms with van der Waals surface area (Å²) in [6.07, 6.45) is 0. The molecule has 0 aromatic carbocycles. The molecule has 0 aliphatic heterocycles. The van der Waals surface area contributed by atoms with E-state index in [0.717, 1.165) is 0 Å². The standard InChI is InChI=1S/CH2O2.H3N.Na.H2O8S2/c2-1-3;;;1-9(2,3)7-8-10(4,5)6/h1H,(H,2,3);1H3;;(H,1,2,3)(H,4,5,6)/q;;+1;/p-1. The Kier molecular flexibility index (Phi) is 17.4. The molecule has 0 aliphatic rings. The summed E-state index contributed by atoms with van der Waals surface area (Å²) >= 11 is 0. The fourth-order valence-electron chi connectivity index (χ4n) is 0.0691. The molecule has 11 nitrogen and oxygen atoms in total. The number of rotatable bonds is 3. The van der Waals surface area contributed by atoms with Crippen LogP contribution in [0.3, 0.4) is 0 Å². The van der Waals surface area contributed by atoms with E-state index in [1.807, 2.05) is 0 Å². The van der Waals surface area contributed by atoms with Crippen LogP contribution in [0.4, 0.5) is 0 Å². The average Bonchev–Trinajstić information content (AvgIpc) is 1.82. The Balaban J connectivity index is -0.000000108. The van der Waals surface area contributed by atoms with Gasteiger partial charge in [-0.2, -0.15) is 8.42 Å². The first-order chi connectivity index (χ1) is 5.62. The number of carbonyl (C=O) groups is 1. The van der Waals surface area contributed by atoms with Crippen molar-refractivity contribution < 1.29 is 74.1 Å². The van der Waals surface area contributed by atoms with Gasteiger partial charge >= 0.3 is 40.0 Å². The van der Waals surface area contributed by atoms with E-state index in [2.05, 4.69) is 8.67 Å². The molecule has 0 radical (unpaired) electrons. The molecule has 0 saturated heterocycles. The van der Waals surface area contributed by atoms with Crippen LogP contribution in [0.25, 0.3) is 0 Å². The van der Waals surface area contributed by atoms with Gasteiger partial charge in [0.25, 0.3) is 0 Å². The second-order valence-corrected chi connectivity index (χ2v) is 3.01. The molecule has 0 heterocycles. The first-order valence-corrected chi connectivity index (χ1v) is 4.69. The Morgan fingerprint density at radius 2 is 1.40 bits per heavy atom. The van der Waals surface area contributed by atoms with Crippen molar-refractivity contribution in [3.63, 3.8) is 0 Å². The number of carbonyl (C=O) groups excluding carboxylic acids is 1. The van der Waals surface area contributed by atoms with Gasteiger partial charge in [-0.1, -0.05) is 8.67 Å². The van der Waals surface area contributed by atoms with Gasteiger partial charge in [-0.15, -0.1) is 0 Å². The van der Waals surface area contributed by atoms with Crippen LogP contribution in [0, 0.1) is 0 Å². The molecule has 15 heavy (non-hydrogen) atoms. The summed E-state index contributed by atoms with van der Waals surface area (Å²) < 4.78 is 60.2. The van der Waals surface area contributed by atoms with Crippen LogP contribution in [-0.4, -0.2) is 32.4 Å². The van der Waals surface area contributed by atoms with Crippen LogP contribution in [0.5, 0.6) is 0 Å². The molecule has 0 aliphatic carbocycles. The fraction of sp³-hybridized carbons (Fsp3) is 0. The van der Waals surface area contributed by atoms with Crippen molar-refractivity contribution in [1.29, 1.82) is 0 Å². The van der Waals surface area contributed by atoms with Gasteiger partial charge < -0.3 is 20.6 Å². The van der Waals surface area contributed by atoms with E-state index in [-0.39, 0.29) is 35.7 Å². The molecule has 0 amide bonds. The summed E-state index contributed by atoms with van der Waals surface area (Å²) in [6, 6.07) is 0. The van der Waals surface area contributed by atoms with E-state index in [0.29, 0.717) is 0 Å². The first kappa shape index (κ1) is 24.4. The molecule has 0 atom stereocenters. The molecule has 0 aromatic rings. The van der Waals surface area contributed by atoms with Crippen LogP contribution >= 0.6 is 0 Å². The second-order valence-electron chi connectivity index (χ2n) is 1.07. The van der Waals surface area contributed by atoms with Gasteiger partial charge in [0.05, 0.1) is 0 Å². The minimum absolute atomic E-state index is 0. The Morgan fingerprint density at radius 3 is 1.47 bits per heavy atom. The molecular weight excluding hydrogens is 273 g/mol. The van der Waals surface area contributed by atoms with Crippen LogP contribution in [0.15, 0.2) is 0 Å². The Labute approximate surface area is 107 Å². The maximum atomic E-state index is 9.48. The van der Waals surface area contributed by atoms with Crippen LogP contribution in [0.1, 0.15) is 0 Å². The van der Waals surface area contributed by atoms with Gasteiger partial charge in [-0.3, -0.25) is 4.55 Å². The van der Waals surface area contributed by atoms with E-state index >= 15 is 0 Å². The molecule has 88 valence electrons. The molecule has 0 unspecified atom stereocenters. The normalized spacial score (nSPS) is 9.73. The summed E-state index contributed by atoms with van der Waals surface area (Å²) in [7, 11) is -10.3. The minimum Gasteiger partial charge on any atom is -0.724 e. The van der Waals surface area contributed by atoms with Gasteiger partial charge in [-0.05, 0) is 0 Å². The summed E-state index contributed by atoms with van der Waals surface area (Å²) in [5.41, 5.74) is 0. The van der Waals surface area contributed by atoms with Gasteiger partial charge in [0, 0.05) is 6.47 Å². The van der Waals surface area contributed by atoms with Gasteiger partial charge in [0.2, 0.25) is 10.4 Å². The third-order valence-electron chi connectivity index (χ3n) is 0.197. The maximum Gasteiger partial charge on any atom is 1.00 e. The Bertz CT molecular complexity index is 296. The van der Waals surface area contributed by atoms with E-state index < -0.39 is 27.3 Å². The summed E-state index contributed by atoms with van der Waals surface area (Å²) in [6.45, 7) is -0.500. The van der Waals surface area contributed by atoms with E-state index in [1.165, 1.54) is 0 Å². The van der Waals surface area contributed by atoms with Crippen molar-refractivity contribution >= 4 is 27.3 Å². The van der Waals surface area contributed by atoms with Gasteiger partial charge in [0.1, 0.15) is 0 Å². The molecule has 5 N–H and O–H groups in total. The molecule has 0 bridgehead atoms. The zero-order valence-electron chi connectivity index (χ0n) is 7.52. The van der Waals surface area contributed by atoms with Crippen molar-refractivity contribution in [2.75, 3.05) is 0 Å². The van der Waals surface area contributed by atoms with Crippen LogP contribution in [0.2, 0.25) is 0 Å². The molecule has 0 saturated carbocycles. The van der Waals surface area contributed by atoms with E-state index in [9.17, 15) is 21.4 Å². The third-order valence-corrected chi connectivity index (χ3v) is 0.758. The molecule has 0 rings (SSSR count). The molecular formula is CH6NNaO10S2. The predicted octanol–water partition coefficient (Wildman–Crippen LogP) is -6.06. The first-order valence-electron chi connectivity index (χ1n) is 1.99. The summed E-state index contributed by atoms with van der Waals surface area (Å²) in [4.78, 5) is 8.25. The smallest absolute Gasteiger partial charge is 0.724 e. The van der Waals surface area contributed by atoms with Crippen molar-refractivity contribution in [3.8, 4) is 0 Å². The largest absolute Gasteiger partial charge is 1.00 e. The van der Waals surface area contributed by atoms with Crippen molar-refractivity contribution in [2.24, 2.45) is 0 Å². The van der Waals surface area contributed by atoms with Crippen molar-refractivity contribution in [3.05, 3.63) is 0 Å². The zero-order chi connectivity index (χ0) is 11.1. The van der Waals surface area contributed by atoms with E-state index in [4.69, 9.17) is 14.5 Å². The Morgan fingerprint density at radius 1 is 1.13 bits per heavy atom. The zero-order valence-corrected chi connectivity index (χ0v) is 11.1. The third kappa shape index (κ3) is 40.8. The second kappa shape index (κ2) is 10.7. The fourth-order valence-corrected chi connectivity index (χ4v) is 0.622. The van der Waals surface area contributed by atoms with Crippen molar-refractivity contribution in [2.45, 2.75) is 0 Å². The predicted molar refractivity (Wildman–Crippen MR) is 35.5 cm³/mol. The molecule has 0 aromatic heterocycles. The Hall–Kier alpha value is 0.170.